The lowest BCUT2D eigenvalue weighted by Gasteiger charge is -2.12. The fraction of sp³-hybridized carbons (Fsp3) is 0.684. The average Bonchev–Trinajstić information content (AvgIpc) is 2.55. The molecule has 0 heterocycles. The third kappa shape index (κ3) is 7.69. The van der Waals surface area contributed by atoms with Crippen LogP contribution in [0.3, 0.4) is 0 Å². The van der Waals surface area contributed by atoms with Crippen molar-refractivity contribution in [2.75, 3.05) is 13.2 Å². The molecule has 0 atom stereocenters. The quantitative estimate of drug-likeness (QED) is 0.515. The molecule has 0 fully saturated rings. The van der Waals surface area contributed by atoms with Crippen LogP contribution in [0, 0.1) is 0 Å². The van der Waals surface area contributed by atoms with Gasteiger partial charge < -0.3 is 14.6 Å². The number of aliphatic hydroxyl groups is 1. The maximum absolute atomic E-state index is 9.49. The van der Waals surface area contributed by atoms with Crippen molar-refractivity contribution in [3.63, 3.8) is 0 Å². The second-order valence-electron chi connectivity index (χ2n) is 5.75. The minimum absolute atomic E-state index is 0.0165. The number of rotatable bonds is 13. The van der Waals surface area contributed by atoms with E-state index in [2.05, 4.69) is 13.8 Å². The van der Waals surface area contributed by atoms with Crippen molar-refractivity contribution in [3.8, 4) is 11.5 Å². The predicted octanol–water partition coefficient (Wildman–Crippen LogP) is 5.10. The zero-order valence-corrected chi connectivity index (χ0v) is 14.3. The van der Waals surface area contributed by atoms with E-state index >= 15 is 0 Å². The van der Waals surface area contributed by atoms with Gasteiger partial charge in [0.1, 0.15) is 11.5 Å². The number of benzene rings is 1. The molecule has 0 amide bonds. The number of unbranched alkanes of at least 4 members (excludes halogenated alkanes) is 6. The lowest BCUT2D eigenvalue weighted by atomic mass is 10.2. The predicted molar refractivity (Wildman–Crippen MR) is 91.6 cm³/mol. The molecule has 0 aliphatic heterocycles. The first-order valence-corrected chi connectivity index (χ1v) is 8.81. The lowest BCUT2D eigenvalue weighted by molar-refractivity contribution is 0.257. The summed E-state index contributed by atoms with van der Waals surface area (Å²) in [6.07, 6.45) is 9.53. The minimum Gasteiger partial charge on any atom is -0.494 e. The van der Waals surface area contributed by atoms with Crippen LogP contribution in [-0.2, 0) is 6.61 Å². The van der Waals surface area contributed by atoms with Crippen LogP contribution in [0.25, 0.3) is 0 Å². The fourth-order valence-corrected chi connectivity index (χ4v) is 2.34. The Kier molecular flexibility index (Phi) is 10.6. The summed E-state index contributed by atoms with van der Waals surface area (Å²) in [5, 5.41) is 9.49. The van der Waals surface area contributed by atoms with Gasteiger partial charge in [-0.25, -0.2) is 0 Å². The summed E-state index contributed by atoms with van der Waals surface area (Å²) >= 11 is 0. The van der Waals surface area contributed by atoms with E-state index in [1.807, 2.05) is 18.2 Å². The van der Waals surface area contributed by atoms with Crippen LogP contribution in [0.4, 0.5) is 0 Å². The van der Waals surface area contributed by atoms with E-state index < -0.39 is 0 Å². The summed E-state index contributed by atoms with van der Waals surface area (Å²) < 4.78 is 11.5. The van der Waals surface area contributed by atoms with E-state index in [4.69, 9.17) is 9.47 Å². The number of hydrogen-bond donors (Lipinski definition) is 1. The highest BCUT2D eigenvalue weighted by atomic mass is 16.5. The molecule has 0 saturated carbocycles. The Morgan fingerprint density at radius 1 is 0.818 bits per heavy atom. The largest absolute Gasteiger partial charge is 0.494 e. The first-order valence-electron chi connectivity index (χ1n) is 8.81. The topological polar surface area (TPSA) is 38.7 Å². The summed E-state index contributed by atoms with van der Waals surface area (Å²) in [7, 11) is 0. The molecule has 22 heavy (non-hydrogen) atoms. The Morgan fingerprint density at radius 3 is 2.05 bits per heavy atom. The van der Waals surface area contributed by atoms with Gasteiger partial charge in [0.25, 0.3) is 0 Å². The highest BCUT2D eigenvalue weighted by molar-refractivity contribution is 5.39. The molecule has 0 radical (unpaired) electrons. The molecule has 0 unspecified atom stereocenters. The van der Waals surface area contributed by atoms with E-state index in [1.165, 1.54) is 38.5 Å². The van der Waals surface area contributed by atoms with Gasteiger partial charge in [-0.05, 0) is 31.0 Å². The van der Waals surface area contributed by atoms with Crippen LogP contribution in [0.1, 0.15) is 70.8 Å². The van der Waals surface area contributed by atoms with E-state index in [0.717, 1.165) is 36.5 Å². The van der Waals surface area contributed by atoms with Crippen molar-refractivity contribution in [1.82, 2.24) is 0 Å². The fourth-order valence-electron chi connectivity index (χ4n) is 2.34. The van der Waals surface area contributed by atoms with Gasteiger partial charge >= 0.3 is 0 Å². The van der Waals surface area contributed by atoms with Crippen LogP contribution < -0.4 is 9.47 Å². The van der Waals surface area contributed by atoms with Crippen molar-refractivity contribution >= 4 is 0 Å². The van der Waals surface area contributed by atoms with E-state index in [-0.39, 0.29) is 6.61 Å². The highest BCUT2D eigenvalue weighted by Gasteiger charge is 2.05. The van der Waals surface area contributed by atoms with Crippen LogP contribution in [0.5, 0.6) is 11.5 Å². The third-order valence-corrected chi connectivity index (χ3v) is 3.72. The molecule has 0 aliphatic rings. The zero-order chi connectivity index (χ0) is 16.0. The van der Waals surface area contributed by atoms with Crippen molar-refractivity contribution < 1.29 is 14.6 Å². The van der Waals surface area contributed by atoms with E-state index in [9.17, 15) is 5.11 Å². The molecule has 1 rings (SSSR count). The second kappa shape index (κ2) is 12.3. The van der Waals surface area contributed by atoms with Gasteiger partial charge in [-0.3, -0.25) is 0 Å². The van der Waals surface area contributed by atoms with Crippen LogP contribution in [0.2, 0.25) is 0 Å². The molecule has 1 N–H and O–H groups in total. The Bertz CT molecular complexity index is 390. The number of hydrogen-bond acceptors (Lipinski definition) is 3. The van der Waals surface area contributed by atoms with Crippen molar-refractivity contribution in [1.29, 1.82) is 0 Å². The number of ether oxygens (including phenoxy) is 2. The van der Waals surface area contributed by atoms with Crippen molar-refractivity contribution in [3.05, 3.63) is 23.8 Å². The molecular formula is C19H32O3. The molecule has 0 spiro atoms. The first kappa shape index (κ1) is 18.8. The van der Waals surface area contributed by atoms with Gasteiger partial charge in [0, 0.05) is 5.56 Å². The van der Waals surface area contributed by atoms with Crippen LogP contribution in [0.15, 0.2) is 18.2 Å². The average molecular weight is 308 g/mol. The summed E-state index contributed by atoms with van der Waals surface area (Å²) in [6.45, 7) is 5.84. The Balaban J connectivity index is 2.38. The van der Waals surface area contributed by atoms with Gasteiger partial charge in [0.15, 0.2) is 0 Å². The third-order valence-electron chi connectivity index (χ3n) is 3.72. The molecular weight excluding hydrogens is 276 g/mol. The monoisotopic (exact) mass is 308 g/mol. The maximum Gasteiger partial charge on any atom is 0.125 e. The lowest BCUT2D eigenvalue weighted by Crippen LogP contribution is -2.02. The summed E-state index contributed by atoms with van der Waals surface area (Å²) in [4.78, 5) is 0. The molecule has 126 valence electrons. The van der Waals surface area contributed by atoms with Crippen LogP contribution in [-0.4, -0.2) is 18.3 Å². The minimum atomic E-state index is -0.0165. The normalized spacial score (nSPS) is 10.7. The van der Waals surface area contributed by atoms with Crippen molar-refractivity contribution in [2.24, 2.45) is 0 Å². The Morgan fingerprint density at radius 2 is 1.45 bits per heavy atom. The highest BCUT2D eigenvalue weighted by Crippen LogP contribution is 2.25. The maximum atomic E-state index is 9.49. The molecule has 0 bridgehead atoms. The molecule has 0 saturated heterocycles. The molecule has 1 aromatic carbocycles. The summed E-state index contributed by atoms with van der Waals surface area (Å²) in [6, 6.07) is 5.73. The number of aliphatic hydroxyl groups excluding tert-OH is 1. The second-order valence-corrected chi connectivity index (χ2v) is 5.75. The molecule has 1 aromatic rings. The molecule has 0 aliphatic carbocycles. The summed E-state index contributed by atoms with van der Waals surface area (Å²) in [5.41, 5.74) is 0.807. The van der Waals surface area contributed by atoms with Gasteiger partial charge in [0.05, 0.1) is 19.8 Å². The van der Waals surface area contributed by atoms with E-state index in [1.54, 1.807) is 0 Å². The van der Waals surface area contributed by atoms with Gasteiger partial charge in [-0.2, -0.15) is 0 Å². The van der Waals surface area contributed by atoms with Gasteiger partial charge in [-0.15, -0.1) is 0 Å². The molecule has 0 aromatic heterocycles. The Labute approximate surface area is 135 Å². The summed E-state index contributed by atoms with van der Waals surface area (Å²) in [5.74, 6) is 1.59. The van der Waals surface area contributed by atoms with Crippen molar-refractivity contribution in [2.45, 2.75) is 71.8 Å². The van der Waals surface area contributed by atoms with E-state index in [0.29, 0.717) is 6.61 Å². The smallest absolute Gasteiger partial charge is 0.125 e. The SMILES string of the molecule is CCCCCCOc1ccc(OCCCCCC)c(CO)c1. The van der Waals surface area contributed by atoms with Gasteiger partial charge in [-0.1, -0.05) is 52.4 Å². The Hall–Kier alpha value is -1.22. The van der Waals surface area contributed by atoms with Crippen LogP contribution >= 0.6 is 0 Å². The van der Waals surface area contributed by atoms with Gasteiger partial charge in [0.2, 0.25) is 0 Å². The molecule has 3 nitrogen and oxygen atoms in total. The first-order chi connectivity index (χ1) is 10.8. The molecule has 3 heteroatoms. The zero-order valence-electron chi connectivity index (χ0n) is 14.3. The standard InChI is InChI=1S/C19H32O3/c1-3-5-7-9-13-21-18-11-12-19(17(15-18)16-20)22-14-10-8-6-4-2/h11-12,15,20H,3-10,13-14,16H2,1-2H3.